The predicted molar refractivity (Wildman–Crippen MR) is 154 cm³/mol. The summed E-state index contributed by atoms with van der Waals surface area (Å²) in [5.41, 5.74) is 2.93. The first-order valence-corrected chi connectivity index (χ1v) is 15.3. The van der Waals surface area contributed by atoms with E-state index in [2.05, 4.69) is 24.6 Å². The van der Waals surface area contributed by atoms with Crippen LogP contribution in [0.3, 0.4) is 0 Å². The summed E-state index contributed by atoms with van der Waals surface area (Å²) in [5, 5.41) is 4.13. The highest BCUT2D eigenvalue weighted by Crippen LogP contribution is 2.29. The van der Waals surface area contributed by atoms with Gasteiger partial charge in [-0.05, 0) is 12.1 Å². The Labute approximate surface area is 235 Å². The average Bonchev–Trinajstić information content (AvgIpc) is 3.62. The SMILES string of the molecule is CS(=O)(=O)c1ccc(-c2nc3cnccn3c2NCC(=O)N2CCN(c3nc(-c4ccccc4)ns3)CC2)cc1. The van der Waals surface area contributed by atoms with Gasteiger partial charge in [0.15, 0.2) is 21.3 Å². The van der Waals surface area contributed by atoms with Gasteiger partial charge in [-0.25, -0.2) is 13.4 Å². The number of rotatable bonds is 7. The maximum atomic E-state index is 13.2. The normalized spacial score (nSPS) is 14.0. The van der Waals surface area contributed by atoms with E-state index in [1.165, 1.54) is 17.8 Å². The minimum Gasteiger partial charge on any atom is -0.360 e. The molecule has 2 aromatic carbocycles. The minimum atomic E-state index is -3.32. The van der Waals surface area contributed by atoms with E-state index in [9.17, 15) is 13.2 Å². The molecule has 1 aliphatic heterocycles. The number of hydrogen-bond acceptors (Lipinski definition) is 10. The molecule has 3 aromatic heterocycles. The molecule has 0 saturated carbocycles. The van der Waals surface area contributed by atoms with E-state index in [0.29, 0.717) is 49.2 Å². The number of hydrogen-bond donors (Lipinski definition) is 1. The Kier molecular flexibility index (Phi) is 6.90. The molecule has 13 heteroatoms. The van der Waals surface area contributed by atoms with Gasteiger partial charge in [-0.2, -0.15) is 9.36 Å². The van der Waals surface area contributed by atoms with Crippen molar-refractivity contribution in [2.45, 2.75) is 4.90 Å². The number of nitrogens with zero attached hydrogens (tertiary/aromatic N) is 7. The van der Waals surface area contributed by atoms with Crippen LogP contribution in [0.2, 0.25) is 0 Å². The largest absolute Gasteiger partial charge is 0.360 e. The quantitative estimate of drug-likeness (QED) is 0.312. The summed E-state index contributed by atoms with van der Waals surface area (Å²) < 4.78 is 30.1. The molecule has 0 unspecified atom stereocenters. The fraction of sp³-hybridized carbons (Fsp3) is 0.222. The number of piperazine rings is 1. The third kappa shape index (κ3) is 5.25. The molecule has 0 aliphatic carbocycles. The van der Waals surface area contributed by atoms with Gasteiger partial charge in [0.25, 0.3) is 0 Å². The fourth-order valence-corrected chi connectivity index (χ4v) is 5.97. The predicted octanol–water partition coefficient (Wildman–Crippen LogP) is 3.08. The number of carbonyl (C=O) groups is 1. The number of aromatic nitrogens is 5. The Morgan fingerprint density at radius 1 is 0.975 bits per heavy atom. The van der Waals surface area contributed by atoms with Crippen LogP contribution in [0, 0.1) is 0 Å². The zero-order valence-electron chi connectivity index (χ0n) is 21.6. The van der Waals surface area contributed by atoms with Crippen molar-refractivity contribution < 1.29 is 13.2 Å². The Bertz CT molecular complexity index is 1760. The molecular formula is C27H26N8O3S2. The third-order valence-corrected chi connectivity index (χ3v) is 8.65. The van der Waals surface area contributed by atoms with Crippen LogP contribution in [-0.2, 0) is 14.6 Å². The van der Waals surface area contributed by atoms with Crippen LogP contribution in [0.15, 0.2) is 78.1 Å². The van der Waals surface area contributed by atoms with E-state index in [0.717, 1.165) is 16.3 Å². The molecule has 1 fully saturated rings. The topological polar surface area (TPSA) is 126 Å². The molecule has 0 atom stereocenters. The second-order valence-corrected chi connectivity index (χ2v) is 12.1. The smallest absolute Gasteiger partial charge is 0.242 e. The van der Waals surface area contributed by atoms with Gasteiger partial charge in [0.2, 0.25) is 11.0 Å². The summed E-state index contributed by atoms with van der Waals surface area (Å²) in [6.45, 7) is 2.60. The van der Waals surface area contributed by atoms with Gasteiger partial charge in [0.05, 0.1) is 17.6 Å². The first-order valence-electron chi connectivity index (χ1n) is 12.6. The fourth-order valence-electron chi connectivity index (χ4n) is 4.60. The number of imidazole rings is 1. The molecule has 1 saturated heterocycles. The second-order valence-electron chi connectivity index (χ2n) is 9.40. The lowest BCUT2D eigenvalue weighted by Gasteiger charge is -2.34. The Morgan fingerprint density at radius 3 is 2.45 bits per heavy atom. The van der Waals surface area contributed by atoms with Gasteiger partial charge in [-0.3, -0.25) is 14.2 Å². The van der Waals surface area contributed by atoms with Crippen molar-refractivity contribution >= 4 is 43.9 Å². The van der Waals surface area contributed by atoms with Crippen LogP contribution in [0.4, 0.5) is 10.9 Å². The van der Waals surface area contributed by atoms with Crippen molar-refractivity contribution in [2.75, 3.05) is 49.2 Å². The van der Waals surface area contributed by atoms with Crippen molar-refractivity contribution in [3.63, 3.8) is 0 Å². The maximum Gasteiger partial charge on any atom is 0.242 e. The van der Waals surface area contributed by atoms with Crippen LogP contribution < -0.4 is 10.2 Å². The monoisotopic (exact) mass is 574 g/mol. The molecule has 5 aromatic rings. The molecule has 0 spiro atoms. The zero-order valence-corrected chi connectivity index (χ0v) is 23.3. The first kappa shape index (κ1) is 25.9. The van der Waals surface area contributed by atoms with Gasteiger partial charge in [0, 0.05) is 67.5 Å². The molecule has 1 aliphatic rings. The molecule has 0 bridgehead atoms. The van der Waals surface area contributed by atoms with Crippen molar-refractivity contribution in [3.05, 3.63) is 73.2 Å². The number of nitrogens with one attached hydrogen (secondary N) is 1. The highest BCUT2D eigenvalue weighted by molar-refractivity contribution is 7.90. The van der Waals surface area contributed by atoms with Gasteiger partial charge in [-0.1, -0.05) is 42.5 Å². The Morgan fingerprint density at radius 2 is 1.73 bits per heavy atom. The minimum absolute atomic E-state index is 0.0238. The number of anilines is 2. The number of carbonyl (C=O) groups excluding carboxylic acids is 1. The van der Waals surface area contributed by atoms with Crippen LogP contribution in [0.1, 0.15) is 0 Å². The van der Waals surface area contributed by atoms with E-state index in [1.807, 2.05) is 39.6 Å². The summed E-state index contributed by atoms with van der Waals surface area (Å²) in [4.78, 5) is 30.9. The average molecular weight is 575 g/mol. The Balaban J connectivity index is 1.13. The zero-order chi connectivity index (χ0) is 27.7. The van der Waals surface area contributed by atoms with Crippen LogP contribution in [-0.4, -0.2) is 81.9 Å². The van der Waals surface area contributed by atoms with Crippen molar-refractivity contribution in [1.82, 2.24) is 28.6 Å². The second kappa shape index (κ2) is 10.7. The molecule has 40 heavy (non-hydrogen) atoms. The number of fused-ring (bicyclic) bond motifs is 1. The van der Waals surface area contributed by atoms with Crippen molar-refractivity contribution in [3.8, 4) is 22.6 Å². The maximum absolute atomic E-state index is 13.2. The lowest BCUT2D eigenvalue weighted by atomic mass is 10.1. The van der Waals surface area contributed by atoms with Gasteiger partial charge < -0.3 is 15.1 Å². The van der Waals surface area contributed by atoms with E-state index >= 15 is 0 Å². The van der Waals surface area contributed by atoms with E-state index in [1.54, 1.807) is 42.9 Å². The lowest BCUT2D eigenvalue weighted by Crippen LogP contribution is -2.50. The summed E-state index contributed by atoms with van der Waals surface area (Å²) in [7, 11) is -3.32. The number of benzene rings is 2. The standard InChI is InChI=1S/C27H26N8O3S2/c1-40(37,38)21-9-7-19(8-10-21)24-26(35-12-11-28-17-22(35)30-24)29-18-23(36)33-13-15-34(16-14-33)27-31-25(32-39-27)20-5-3-2-4-6-20/h2-12,17,29H,13-16,18H2,1H3. The van der Waals surface area contributed by atoms with Gasteiger partial charge in [-0.15, -0.1) is 0 Å². The molecule has 204 valence electrons. The van der Waals surface area contributed by atoms with Crippen LogP contribution in [0.25, 0.3) is 28.3 Å². The van der Waals surface area contributed by atoms with E-state index < -0.39 is 9.84 Å². The summed E-state index contributed by atoms with van der Waals surface area (Å²) >= 11 is 1.37. The first-order chi connectivity index (χ1) is 19.4. The van der Waals surface area contributed by atoms with Crippen LogP contribution in [0.5, 0.6) is 0 Å². The van der Waals surface area contributed by atoms with E-state index in [4.69, 9.17) is 4.98 Å². The molecule has 1 amide bonds. The summed E-state index contributed by atoms with van der Waals surface area (Å²) in [6, 6.07) is 16.4. The van der Waals surface area contributed by atoms with E-state index in [-0.39, 0.29) is 17.3 Å². The van der Waals surface area contributed by atoms with Crippen molar-refractivity contribution in [1.29, 1.82) is 0 Å². The summed E-state index contributed by atoms with van der Waals surface area (Å²) in [5.74, 6) is 1.33. The molecular weight excluding hydrogens is 548 g/mol. The van der Waals surface area contributed by atoms with Gasteiger partial charge >= 0.3 is 0 Å². The molecule has 0 radical (unpaired) electrons. The highest BCUT2D eigenvalue weighted by atomic mass is 32.2. The molecule has 6 rings (SSSR count). The highest BCUT2D eigenvalue weighted by Gasteiger charge is 2.24. The summed E-state index contributed by atoms with van der Waals surface area (Å²) in [6.07, 6.45) is 6.23. The molecule has 1 N–H and O–H groups in total. The van der Waals surface area contributed by atoms with Crippen molar-refractivity contribution in [2.24, 2.45) is 0 Å². The van der Waals surface area contributed by atoms with Gasteiger partial charge in [0.1, 0.15) is 11.5 Å². The Hall–Kier alpha value is -4.36. The lowest BCUT2D eigenvalue weighted by molar-refractivity contribution is -0.129. The molecule has 11 nitrogen and oxygen atoms in total. The number of sulfone groups is 1. The molecule has 4 heterocycles. The number of amides is 1. The van der Waals surface area contributed by atoms with Crippen LogP contribution >= 0.6 is 11.5 Å². The third-order valence-electron chi connectivity index (χ3n) is 6.74.